The summed E-state index contributed by atoms with van der Waals surface area (Å²) in [6, 6.07) is 17.7. The predicted octanol–water partition coefficient (Wildman–Crippen LogP) is 4.90. The number of hydrogen-bond donors (Lipinski definition) is 2. The van der Waals surface area contributed by atoms with Crippen molar-refractivity contribution in [2.45, 2.75) is 6.92 Å². The molecule has 0 bridgehead atoms. The smallest absolute Gasteiger partial charge is 0.333 e. The molecule has 0 radical (unpaired) electrons. The quantitative estimate of drug-likeness (QED) is 0.138. The zero-order valence-electron chi connectivity index (χ0n) is 19.9. The Hall–Kier alpha value is -4.79. The fourth-order valence-corrected chi connectivity index (χ4v) is 3.08. The minimum atomic E-state index is -0.523. The molecule has 9 nitrogen and oxygen atoms in total. The van der Waals surface area contributed by atoms with Crippen LogP contribution in [-0.2, 0) is 9.53 Å². The second-order valence-corrected chi connectivity index (χ2v) is 7.66. The van der Waals surface area contributed by atoms with Gasteiger partial charge in [0.15, 0.2) is 5.78 Å². The Balaban J connectivity index is 1.75. The van der Waals surface area contributed by atoms with Crippen LogP contribution in [0, 0.1) is 0 Å². The van der Waals surface area contributed by atoms with E-state index in [1.165, 1.54) is 32.2 Å². The molecule has 2 N–H and O–H groups in total. The number of azo groups is 1. The number of nitrogens with one attached hydrogen (secondary N) is 1. The molecular weight excluding hydrogens is 462 g/mol. The van der Waals surface area contributed by atoms with Gasteiger partial charge in [-0.15, -0.1) is 5.11 Å². The van der Waals surface area contributed by atoms with Crippen LogP contribution >= 0.6 is 0 Å². The number of amides is 1. The molecule has 0 spiro atoms. The van der Waals surface area contributed by atoms with Gasteiger partial charge in [0.2, 0.25) is 0 Å². The molecule has 0 saturated heterocycles. The minimum Gasteiger partial charge on any atom is -0.507 e. The Labute approximate surface area is 208 Å². The average Bonchev–Trinajstić information content (AvgIpc) is 2.90. The van der Waals surface area contributed by atoms with Crippen LogP contribution in [0.15, 0.2) is 89.1 Å². The first kappa shape index (κ1) is 25.8. The summed E-state index contributed by atoms with van der Waals surface area (Å²) in [5, 5.41) is 21.3. The van der Waals surface area contributed by atoms with Crippen molar-refractivity contribution in [2.24, 2.45) is 10.2 Å². The summed E-state index contributed by atoms with van der Waals surface area (Å²) in [7, 11) is 1.41. The molecule has 9 heteroatoms. The van der Waals surface area contributed by atoms with Gasteiger partial charge < -0.3 is 19.9 Å². The van der Waals surface area contributed by atoms with Crippen LogP contribution < -0.4 is 10.1 Å². The summed E-state index contributed by atoms with van der Waals surface area (Å²) in [6.45, 7) is 5.17. The van der Waals surface area contributed by atoms with E-state index in [4.69, 9.17) is 9.47 Å². The maximum Gasteiger partial charge on any atom is 0.333 e. The van der Waals surface area contributed by atoms with E-state index in [-0.39, 0.29) is 53.2 Å². The third kappa shape index (κ3) is 6.63. The molecule has 0 unspecified atom stereocenters. The monoisotopic (exact) mass is 487 g/mol. The maximum atomic E-state index is 12.8. The second kappa shape index (κ2) is 12.1. The van der Waals surface area contributed by atoms with Gasteiger partial charge in [-0.05, 0) is 31.2 Å². The van der Waals surface area contributed by atoms with Crippen molar-refractivity contribution in [3.8, 4) is 11.5 Å². The second-order valence-electron chi connectivity index (χ2n) is 7.66. The number of nitrogens with zero attached hydrogens (tertiary/aromatic N) is 2. The predicted molar refractivity (Wildman–Crippen MR) is 133 cm³/mol. The first-order valence-corrected chi connectivity index (χ1v) is 10.9. The van der Waals surface area contributed by atoms with E-state index in [0.717, 1.165) is 0 Å². The van der Waals surface area contributed by atoms with E-state index in [0.29, 0.717) is 16.8 Å². The molecule has 36 heavy (non-hydrogen) atoms. The van der Waals surface area contributed by atoms with E-state index < -0.39 is 5.97 Å². The molecule has 0 fully saturated rings. The number of benzene rings is 3. The first-order valence-electron chi connectivity index (χ1n) is 10.9. The van der Waals surface area contributed by atoms with Crippen molar-refractivity contribution in [3.05, 3.63) is 95.6 Å². The Bertz CT molecular complexity index is 1320. The van der Waals surface area contributed by atoms with E-state index >= 15 is 0 Å². The van der Waals surface area contributed by atoms with Gasteiger partial charge in [0.1, 0.15) is 23.8 Å². The number of ketones is 1. The van der Waals surface area contributed by atoms with Gasteiger partial charge in [-0.2, -0.15) is 5.11 Å². The fraction of sp³-hybridized carbons (Fsp3) is 0.148. The standard InChI is InChI=1S/C27H25N3O6/c1-17(2)27(34)36-13-12-28-26(33)19-10-7-11-20(14-19)29-30-22-15-21(23(31)16-24(22)35-3)25(32)18-8-5-4-6-9-18/h4-11,14-16,31H,1,12-13H2,2-3H3,(H,28,33). The van der Waals surface area contributed by atoms with Crippen molar-refractivity contribution < 1.29 is 29.0 Å². The van der Waals surface area contributed by atoms with Gasteiger partial charge in [-0.1, -0.05) is 43.0 Å². The lowest BCUT2D eigenvalue weighted by atomic mass is 10.0. The third-order valence-electron chi connectivity index (χ3n) is 4.93. The van der Waals surface area contributed by atoms with Gasteiger partial charge in [0, 0.05) is 22.8 Å². The van der Waals surface area contributed by atoms with E-state index in [1.54, 1.807) is 48.5 Å². The summed E-state index contributed by atoms with van der Waals surface area (Å²) in [5.41, 5.74) is 1.67. The van der Waals surface area contributed by atoms with Gasteiger partial charge in [0.05, 0.1) is 24.9 Å². The van der Waals surface area contributed by atoms with Crippen LogP contribution in [-0.4, -0.2) is 43.0 Å². The Kier molecular flexibility index (Phi) is 8.66. The van der Waals surface area contributed by atoms with Gasteiger partial charge in [0.25, 0.3) is 5.91 Å². The molecule has 0 aromatic heterocycles. The van der Waals surface area contributed by atoms with Gasteiger partial charge in [-0.25, -0.2) is 4.79 Å². The number of carbonyl (C=O) groups is 3. The van der Waals surface area contributed by atoms with Gasteiger partial charge in [-0.3, -0.25) is 9.59 Å². The SMILES string of the molecule is C=C(C)C(=O)OCCNC(=O)c1cccc(N=Nc2cc(C(=O)c3ccccc3)c(O)cc2OC)c1. The summed E-state index contributed by atoms with van der Waals surface area (Å²) >= 11 is 0. The molecule has 0 aliphatic heterocycles. The van der Waals surface area contributed by atoms with E-state index in [1.807, 2.05) is 0 Å². The highest BCUT2D eigenvalue weighted by atomic mass is 16.5. The van der Waals surface area contributed by atoms with Crippen molar-refractivity contribution in [1.29, 1.82) is 0 Å². The zero-order valence-corrected chi connectivity index (χ0v) is 19.9. The van der Waals surface area contributed by atoms with Crippen LogP contribution in [0.3, 0.4) is 0 Å². The highest BCUT2D eigenvalue weighted by molar-refractivity contribution is 6.11. The van der Waals surface area contributed by atoms with Crippen molar-refractivity contribution >= 4 is 29.0 Å². The molecule has 0 saturated carbocycles. The van der Waals surface area contributed by atoms with Crippen LogP contribution in [0.1, 0.15) is 33.2 Å². The Morgan fingerprint density at radius 2 is 1.69 bits per heavy atom. The minimum absolute atomic E-state index is 0.0154. The summed E-state index contributed by atoms with van der Waals surface area (Å²) in [4.78, 5) is 36.6. The summed E-state index contributed by atoms with van der Waals surface area (Å²) in [6.07, 6.45) is 0. The van der Waals surface area contributed by atoms with Crippen molar-refractivity contribution in [3.63, 3.8) is 0 Å². The number of esters is 1. The fourth-order valence-electron chi connectivity index (χ4n) is 3.08. The Morgan fingerprint density at radius 3 is 2.39 bits per heavy atom. The molecular formula is C27H25N3O6. The van der Waals surface area contributed by atoms with Crippen LogP contribution in [0.25, 0.3) is 0 Å². The van der Waals surface area contributed by atoms with Crippen molar-refractivity contribution in [1.82, 2.24) is 5.32 Å². The van der Waals surface area contributed by atoms with Crippen LogP contribution in [0.2, 0.25) is 0 Å². The van der Waals surface area contributed by atoms with Crippen LogP contribution in [0.5, 0.6) is 11.5 Å². The number of carbonyl (C=O) groups excluding carboxylic acids is 3. The lowest BCUT2D eigenvalue weighted by Gasteiger charge is -2.09. The molecule has 0 aliphatic carbocycles. The van der Waals surface area contributed by atoms with Crippen molar-refractivity contribution in [2.75, 3.05) is 20.3 Å². The molecule has 3 aromatic rings. The first-order chi connectivity index (χ1) is 17.3. The number of ether oxygens (including phenoxy) is 2. The van der Waals surface area contributed by atoms with E-state index in [9.17, 15) is 19.5 Å². The number of phenols is 1. The number of methoxy groups -OCH3 is 1. The molecule has 1 amide bonds. The molecule has 0 atom stereocenters. The Morgan fingerprint density at radius 1 is 0.972 bits per heavy atom. The van der Waals surface area contributed by atoms with Crippen LogP contribution in [0.4, 0.5) is 11.4 Å². The van der Waals surface area contributed by atoms with Gasteiger partial charge >= 0.3 is 5.97 Å². The normalized spacial score (nSPS) is 10.6. The molecule has 0 aliphatic rings. The highest BCUT2D eigenvalue weighted by Crippen LogP contribution is 2.36. The summed E-state index contributed by atoms with van der Waals surface area (Å²) < 4.78 is 10.2. The number of hydrogen-bond acceptors (Lipinski definition) is 8. The lowest BCUT2D eigenvalue weighted by Crippen LogP contribution is -2.28. The zero-order chi connectivity index (χ0) is 26.1. The number of aromatic hydroxyl groups is 1. The average molecular weight is 488 g/mol. The molecule has 3 rings (SSSR count). The lowest BCUT2D eigenvalue weighted by molar-refractivity contribution is -0.138. The third-order valence-corrected chi connectivity index (χ3v) is 4.93. The van der Waals surface area contributed by atoms with E-state index in [2.05, 4.69) is 22.1 Å². The topological polar surface area (TPSA) is 127 Å². The molecule has 3 aromatic carbocycles. The largest absolute Gasteiger partial charge is 0.507 e. The maximum absolute atomic E-state index is 12.8. The highest BCUT2D eigenvalue weighted by Gasteiger charge is 2.17. The molecule has 184 valence electrons. The molecule has 0 heterocycles. The summed E-state index contributed by atoms with van der Waals surface area (Å²) in [5.74, 6) is -1.30. The number of phenolic OH excluding ortho intramolecular Hbond substituents is 1. The number of rotatable bonds is 10.